The Kier molecular flexibility index (Phi) is 5.38. The Morgan fingerprint density at radius 3 is 2.75 bits per heavy atom. The molecule has 1 heterocycles. The van der Waals surface area contributed by atoms with Crippen molar-refractivity contribution in [3.8, 4) is 5.75 Å². The number of nitrogens with one attached hydrogen (secondary N) is 1. The number of benzene rings is 1. The van der Waals surface area contributed by atoms with Gasteiger partial charge in [0, 0.05) is 19.6 Å². The van der Waals surface area contributed by atoms with Crippen LogP contribution in [0.1, 0.15) is 18.1 Å². The number of rotatable bonds is 5. The fourth-order valence-corrected chi connectivity index (χ4v) is 2.27. The number of ether oxygens (including phenoxy) is 3. The fourth-order valence-electron chi connectivity index (χ4n) is 2.27. The second-order valence-corrected chi connectivity index (χ2v) is 4.69. The Morgan fingerprint density at radius 1 is 1.35 bits per heavy atom. The van der Waals surface area contributed by atoms with Crippen molar-refractivity contribution >= 4 is 5.90 Å². The molecule has 5 heteroatoms. The quantitative estimate of drug-likeness (QED) is 0.660. The van der Waals surface area contributed by atoms with Gasteiger partial charge in [-0.05, 0) is 24.6 Å². The van der Waals surface area contributed by atoms with Gasteiger partial charge in [0.05, 0.1) is 32.5 Å². The first-order chi connectivity index (χ1) is 9.74. The minimum absolute atomic E-state index is 0.160. The highest BCUT2D eigenvalue weighted by atomic mass is 16.5. The van der Waals surface area contributed by atoms with Crippen LogP contribution in [0.25, 0.3) is 0 Å². The molecule has 1 aromatic rings. The molecule has 1 aromatic carbocycles. The number of hydrogen-bond acceptors (Lipinski definition) is 5. The predicted octanol–water partition coefficient (Wildman–Crippen LogP) is 1.89. The van der Waals surface area contributed by atoms with Crippen LogP contribution in [0.15, 0.2) is 18.2 Å². The molecule has 0 atom stereocenters. The summed E-state index contributed by atoms with van der Waals surface area (Å²) < 4.78 is 15.9. The van der Waals surface area contributed by atoms with Crippen molar-refractivity contribution in [3.05, 3.63) is 29.3 Å². The molecule has 0 unspecified atom stereocenters. The second kappa shape index (κ2) is 7.26. The van der Waals surface area contributed by atoms with Crippen molar-refractivity contribution in [2.75, 3.05) is 40.0 Å². The monoisotopic (exact) mass is 278 g/mol. The van der Waals surface area contributed by atoms with E-state index in [2.05, 4.69) is 4.90 Å². The van der Waals surface area contributed by atoms with E-state index < -0.39 is 0 Å². The molecule has 0 aliphatic carbocycles. The van der Waals surface area contributed by atoms with E-state index in [0.717, 1.165) is 38.4 Å². The van der Waals surface area contributed by atoms with Crippen LogP contribution in [-0.4, -0.2) is 50.8 Å². The summed E-state index contributed by atoms with van der Waals surface area (Å²) in [6.07, 6.45) is 0. The highest BCUT2D eigenvalue weighted by Gasteiger charge is 2.14. The average Bonchev–Trinajstić information content (AvgIpc) is 2.48. The van der Waals surface area contributed by atoms with Gasteiger partial charge in [-0.1, -0.05) is 6.07 Å². The molecule has 0 amide bonds. The molecule has 110 valence electrons. The van der Waals surface area contributed by atoms with Crippen LogP contribution in [-0.2, 0) is 16.0 Å². The third kappa shape index (κ3) is 3.71. The Balaban J connectivity index is 2.13. The largest absolute Gasteiger partial charge is 0.496 e. The van der Waals surface area contributed by atoms with Crippen LogP contribution in [0, 0.1) is 5.41 Å². The van der Waals surface area contributed by atoms with Crippen molar-refractivity contribution in [1.29, 1.82) is 5.41 Å². The standard InChI is InChI=1S/C15H22N2O3/c1-3-20-15(16)13-10-12(4-5-14(13)18-2)11-17-6-8-19-9-7-17/h4-5,10,16H,3,6-9,11H2,1-2H3. The first-order valence-electron chi connectivity index (χ1n) is 6.93. The summed E-state index contributed by atoms with van der Waals surface area (Å²) in [4.78, 5) is 2.35. The fraction of sp³-hybridized carbons (Fsp3) is 0.533. The summed E-state index contributed by atoms with van der Waals surface area (Å²) in [5.41, 5.74) is 1.87. The van der Waals surface area contributed by atoms with Gasteiger partial charge >= 0.3 is 0 Å². The number of morpholine rings is 1. The summed E-state index contributed by atoms with van der Waals surface area (Å²) in [5, 5.41) is 7.95. The first-order valence-corrected chi connectivity index (χ1v) is 6.93. The predicted molar refractivity (Wildman–Crippen MR) is 77.5 cm³/mol. The van der Waals surface area contributed by atoms with Gasteiger partial charge in [-0.25, -0.2) is 0 Å². The van der Waals surface area contributed by atoms with Crippen molar-refractivity contribution in [2.24, 2.45) is 0 Å². The van der Waals surface area contributed by atoms with Gasteiger partial charge in [0.2, 0.25) is 5.90 Å². The molecule has 20 heavy (non-hydrogen) atoms. The van der Waals surface area contributed by atoms with E-state index in [9.17, 15) is 0 Å². The molecule has 1 aliphatic heterocycles. The van der Waals surface area contributed by atoms with Gasteiger partial charge in [-0.2, -0.15) is 0 Å². The van der Waals surface area contributed by atoms with E-state index in [1.165, 1.54) is 0 Å². The number of methoxy groups -OCH3 is 1. The molecule has 5 nitrogen and oxygen atoms in total. The van der Waals surface area contributed by atoms with Crippen molar-refractivity contribution in [2.45, 2.75) is 13.5 Å². The Labute approximate surface area is 119 Å². The molecule has 1 saturated heterocycles. The molecule has 0 saturated carbocycles. The zero-order valence-corrected chi connectivity index (χ0v) is 12.1. The Morgan fingerprint density at radius 2 is 2.10 bits per heavy atom. The lowest BCUT2D eigenvalue weighted by atomic mass is 10.1. The Bertz CT molecular complexity index is 456. The molecule has 1 aliphatic rings. The van der Waals surface area contributed by atoms with Gasteiger partial charge in [0.25, 0.3) is 0 Å². The molecule has 2 rings (SSSR count). The molecule has 0 bridgehead atoms. The molecule has 0 spiro atoms. The topological polar surface area (TPSA) is 54.8 Å². The minimum atomic E-state index is 0.160. The van der Waals surface area contributed by atoms with Crippen molar-refractivity contribution in [1.82, 2.24) is 4.90 Å². The van der Waals surface area contributed by atoms with Crippen LogP contribution in [0.3, 0.4) is 0 Å². The minimum Gasteiger partial charge on any atom is -0.496 e. The van der Waals surface area contributed by atoms with E-state index in [1.807, 2.05) is 25.1 Å². The van der Waals surface area contributed by atoms with Crippen molar-refractivity contribution < 1.29 is 14.2 Å². The van der Waals surface area contributed by atoms with E-state index in [-0.39, 0.29) is 5.90 Å². The molecule has 1 N–H and O–H groups in total. The highest BCUT2D eigenvalue weighted by molar-refractivity contribution is 5.94. The summed E-state index contributed by atoms with van der Waals surface area (Å²) >= 11 is 0. The molecular weight excluding hydrogens is 256 g/mol. The van der Waals surface area contributed by atoms with E-state index >= 15 is 0 Å². The van der Waals surface area contributed by atoms with E-state index in [1.54, 1.807) is 7.11 Å². The van der Waals surface area contributed by atoms with E-state index in [0.29, 0.717) is 17.9 Å². The third-order valence-electron chi connectivity index (χ3n) is 3.31. The molecular formula is C15H22N2O3. The van der Waals surface area contributed by atoms with Gasteiger partial charge < -0.3 is 14.2 Å². The lowest BCUT2D eigenvalue weighted by Gasteiger charge is -2.26. The highest BCUT2D eigenvalue weighted by Crippen LogP contribution is 2.22. The van der Waals surface area contributed by atoms with Crippen LogP contribution in [0.2, 0.25) is 0 Å². The van der Waals surface area contributed by atoms with Gasteiger partial charge in [-0.3, -0.25) is 10.3 Å². The summed E-state index contributed by atoms with van der Waals surface area (Å²) in [7, 11) is 1.61. The van der Waals surface area contributed by atoms with Crippen LogP contribution < -0.4 is 4.74 Å². The summed E-state index contributed by atoms with van der Waals surface area (Å²) in [6, 6.07) is 5.92. The zero-order valence-electron chi connectivity index (χ0n) is 12.1. The lowest BCUT2D eigenvalue weighted by molar-refractivity contribution is 0.0342. The molecule has 0 aromatic heterocycles. The molecule has 1 fully saturated rings. The van der Waals surface area contributed by atoms with Crippen molar-refractivity contribution in [3.63, 3.8) is 0 Å². The Hall–Kier alpha value is -1.59. The molecule has 0 radical (unpaired) electrons. The van der Waals surface area contributed by atoms with Gasteiger partial charge in [-0.15, -0.1) is 0 Å². The normalized spacial score (nSPS) is 15.9. The average molecular weight is 278 g/mol. The smallest absolute Gasteiger partial charge is 0.217 e. The summed E-state index contributed by atoms with van der Waals surface area (Å²) in [6.45, 7) is 6.69. The maximum Gasteiger partial charge on any atom is 0.217 e. The maximum atomic E-state index is 7.95. The first kappa shape index (κ1) is 14.8. The van der Waals surface area contributed by atoms with Crippen LogP contribution in [0.5, 0.6) is 5.75 Å². The van der Waals surface area contributed by atoms with Gasteiger partial charge in [0.1, 0.15) is 5.75 Å². The summed E-state index contributed by atoms with van der Waals surface area (Å²) in [5.74, 6) is 0.836. The zero-order chi connectivity index (χ0) is 14.4. The van der Waals surface area contributed by atoms with Crippen LogP contribution >= 0.6 is 0 Å². The third-order valence-corrected chi connectivity index (χ3v) is 3.31. The second-order valence-electron chi connectivity index (χ2n) is 4.69. The van der Waals surface area contributed by atoms with Crippen LogP contribution in [0.4, 0.5) is 0 Å². The lowest BCUT2D eigenvalue weighted by Crippen LogP contribution is -2.35. The van der Waals surface area contributed by atoms with E-state index in [4.69, 9.17) is 19.6 Å². The SMILES string of the molecule is CCOC(=N)c1cc(CN2CCOCC2)ccc1OC. The van der Waals surface area contributed by atoms with Gasteiger partial charge in [0.15, 0.2) is 0 Å². The number of hydrogen-bond donors (Lipinski definition) is 1. The number of nitrogens with zero attached hydrogens (tertiary/aromatic N) is 1. The maximum absolute atomic E-state index is 7.95.